The smallest absolute Gasteiger partial charge is 0.219 e. The fraction of sp³-hybridized carbons (Fsp3) is 0.900. The summed E-state index contributed by atoms with van der Waals surface area (Å²) in [7, 11) is -2.89. The Morgan fingerprint density at radius 3 is 2.38 bits per heavy atom. The summed E-state index contributed by atoms with van der Waals surface area (Å²) in [5, 5.41) is 3.12. The molecule has 0 aliphatic carbocycles. The van der Waals surface area contributed by atoms with E-state index < -0.39 is 9.84 Å². The number of hydrogen-bond donors (Lipinski definition) is 2. The van der Waals surface area contributed by atoms with Gasteiger partial charge in [0.25, 0.3) is 0 Å². The Morgan fingerprint density at radius 2 is 1.94 bits per heavy atom. The molecule has 0 fully saturated rings. The van der Waals surface area contributed by atoms with Gasteiger partial charge in [-0.2, -0.15) is 0 Å². The lowest BCUT2D eigenvalue weighted by molar-refractivity contribution is -0.119. The Labute approximate surface area is 97.7 Å². The monoisotopic (exact) mass is 250 g/mol. The van der Waals surface area contributed by atoms with Gasteiger partial charge in [-0.3, -0.25) is 4.79 Å². The van der Waals surface area contributed by atoms with Gasteiger partial charge in [0.1, 0.15) is 9.84 Å². The fourth-order valence-corrected chi connectivity index (χ4v) is 2.23. The molecule has 96 valence electrons. The molecule has 0 atom stereocenters. The highest BCUT2D eigenvalue weighted by Gasteiger charge is 2.19. The lowest BCUT2D eigenvalue weighted by atomic mass is 10.0. The Bertz CT molecular complexity index is 323. The SMILES string of the molecule is CCS(=O)(=O)CCCNC(C)(C)CC(N)=O. The molecule has 0 aliphatic heterocycles. The number of sulfone groups is 1. The molecule has 0 aromatic rings. The maximum absolute atomic E-state index is 11.2. The van der Waals surface area contributed by atoms with E-state index >= 15 is 0 Å². The van der Waals surface area contributed by atoms with Crippen molar-refractivity contribution in [3.05, 3.63) is 0 Å². The summed E-state index contributed by atoms with van der Waals surface area (Å²) in [5.41, 5.74) is 4.73. The molecule has 0 saturated carbocycles. The third-order valence-electron chi connectivity index (χ3n) is 2.29. The van der Waals surface area contributed by atoms with Crippen LogP contribution in [0.1, 0.15) is 33.6 Å². The van der Waals surface area contributed by atoms with E-state index in [4.69, 9.17) is 5.73 Å². The third-order valence-corrected chi connectivity index (χ3v) is 4.08. The van der Waals surface area contributed by atoms with E-state index in [1.54, 1.807) is 6.92 Å². The van der Waals surface area contributed by atoms with Gasteiger partial charge in [0.2, 0.25) is 5.91 Å². The summed E-state index contributed by atoms with van der Waals surface area (Å²) < 4.78 is 22.4. The highest BCUT2D eigenvalue weighted by atomic mass is 32.2. The standard InChI is InChI=1S/C10H22N2O3S/c1-4-16(14,15)7-5-6-12-10(2,3)8-9(11)13/h12H,4-8H2,1-3H3,(H2,11,13). The highest BCUT2D eigenvalue weighted by molar-refractivity contribution is 7.91. The van der Waals surface area contributed by atoms with Gasteiger partial charge in [0, 0.05) is 17.7 Å². The lowest BCUT2D eigenvalue weighted by Gasteiger charge is -2.24. The molecule has 0 rings (SSSR count). The van der Waals surface area contributed by atoms with E-state index in [1.807, 2.05) is 13.8 Å². The second kappa shape index (κ2) is 6.20. The van der Waals surface area contributed by atoms with E-state index in [0.29, 0.717) is 13.0 Å². The molecule has 0 saturated heterocycles. The van der Waals surface area contributed by atoms with Crippen LogP contribution >= 0.6 is 0 Å². The van der Waals surface area contributed by atoms with Gasteiger partial charge in [0.15, 0.2) is 0 Å². The Hall–Kier alpha value is -0.620. The topological polar surface area (TPSA) is 89.3 Å². The molecule has 16 heavy (non-hydrogen) atoms. The second-order valence-corrected chi connectivity index (χ2v) is 7.02. The van der Waals surface area contributed by atoms with Crippen LogP contribution in [0.3, 0.4) is 0 Å². The minimum Gasteiger partial charge on any atom is -0.370 e. The zero-order valence-corrected chi connectivity index (χ0v) is 11.1. The molecule has 5 nitrogen and oxygen atoms in total. The number of carbonyl (C=O) groups is 1. The summed E-state index contributed by atoms with van der Waals surface area (Å²) in [4.78, 5) is 10.7. The molecular formula is C10H22N2O3S. The zero-order chi connectivity index (χ0) is 12.8. The number of carbonyl (C=O) groups excluding carboxylic acids is 1. The number of nitrogens with two attached hydrogens (primary N) is 1. The van der Waals surface area contributed by atoms with Crippen molar-refractivity contribution in [2.24, 2.45) is 5.73 Å². The molecule has 0 aromatic heterocycles. The Balaban J connectivity index is 3.86. The summed E-state index contributed by atoms with van der Waals surface area (Å²) in [6, 6.07) is 0. The number of hydrogen-bond acceptors (Lipinski definition) is 4. The normalized spacial score (nSPS) is 12.7. The largest absolute Gasteiger partial charge is 0.370 e. The first-order valence-electron chi connectivity index (χ1n) is 5.42. The van der Waals surface area contributed by atoms with E-state index in [-0.39, 0.29) is 29.4 Å². The van der Waals surface area contributed by atoms with Crippen molar-refractivity contribution >= 4 is 15.7 Å². The molecule has 0 aromatic carbocycles. The quantitative estimate of drug-likeness (QED) is 0.596. The van der Waals surface area contributed by atoms with Crippen LogP contribution in [0.4, 0.5) is 0 Å². The fourth-order valence-electron chi connectivity index (χ4n) is 1.36. The van der Waals surface area contributed by atoms with Crippen LogP contribution in [-0.4, -0.2) is 37.9 Å². The molecule has 0 radical (unpaired) electrons. The van der Waals surface area contributed by atoms with Crippen molar-refractivity contribution in [1.82, 2.24) is 5.32 Å². The molecule has 6 heteroatoms. The summed E-state index contributed by atoms with van der Waals surface area (Å²) in [6.45, 7) is 5.94. The van der Waals surface area contributed by atoms with Gasteiger partial charge in [-0.05, 0) is 26.8 Å². The van der Waals surface area contributed by atoms with Crippen molar-refractivity contribution < 1.29 is 13.2 Å². The van der Waals surface area contributed by atoms with Gasteiger partial charge < -0.3 is 11.1 Å². The summed E-state index contributed by atoms with van der Waals surface area (Å²) in [6.07, 6.45) is 0.798. The van der Waals surface area contributed by atoms with E-state index in [0.717, 1.165) is 0 Å². The molecule has 1 amide bonds. The van der Waals surface area contributed by atoms with Crippen LogP contribution in [0.5, 0.6) is 0 Å². The second-order valence-electron chi connectivity index (χ2n) is 4.54. The van der Waals surface area contributed by atoms with E-state index in [1.165, 1.54) is 0 Å². The van der Waals surface area contributed by atoms with Gasteiger partial charge in [-0.15, -0.1) is 0 Å². The van der Waals surface area contributed by atoms with Crippen LogP contribution in [0.2, 0.25) is 0 Å². The van der Waals surface area contributed by atoms with Crippen LogP contribution in [0.25, 0.3) is 0 Å². The predicted molar refractivity (Wildman–Crippen MR) is 64.8 cm³/mol. The van der Waals surface area contributed by atoms with Crippen molar-refractivity contribution in [3.63, 3.8) is 0 Å². The number of amides is 1. The van der Waals surface area contributed by atoms with Crippen LogP contribution in [-0.2, 0) is 14.6 Å². The molecule has 0 heterocycles. The Morgan fingerprint density at radius 1 is 1.38 bits per heavy atom. The van der Waals surface area contributed by atoms with Crippen molar-refractivity contribution in [2.45, 2.75) is 39.2 Å². The first-order chi connectivity index (χ1) is 7.18. The van der Waals surface area contributed by atoms with Crippen LogP contribution in [0.15, 0.2) is 0 Å². The number of nitrogens with one attached hydrogen (secondary N) is 1. The average molecular weight is 250 g/mol. The molecule has 0 aliphatic rings. The third kappa shape index (κ3) is 7.64. The van der Waals surface area contributed by atoms with Crippen LogP contribution in [0, 0.1) is 0 Å². The number of rotatable bonds is 8. The molecule has 0 spiro atoms. The zero-order valence-electron chi connectivity index (χ0n) is 10.2. The van der Waals surface area contributed by atoms with Crippen molar-refractivity contribution in [2.75, 3.05) is 18.1 Å². The molecule has 0 bridgehead atoms. The predicted octanol–water partition coefficient (Wildman–Crippen LogP) is 0.0548. The minimum absolute atomic E-state index is 0.178. The van der Waals surface area contributed by atoms with Crippen molar-refractivity contribution in [3.8, 4) is 0 Å². The summed E-state index contributed by atoms with van der Waals surface area (Å²) >= 11 is 0. The van der Waals surface area contributed by atoms with Gasteiger partial charge in [-0.1, -0.05) is 6.92 Å². The van der Waals surface area contributed by atoms with Crippen LogP contribution < -0.4 is 11.1 Å². The first-order valence-corrected chi connectivity index (χ1v) is 7.24. The van der Waals surface area contributed by atoms with Crippen molar-refractivity contribution in [1.29, 1.82) is 0 Å². The van der Waals surface area contributed by atoms with E-state index in [2.05, 4.69) is 5.32 Å². The first kappa shape index (κ1) is 15.4. The van der Waals surface area contributed by atoms with Gasteiger partial charge >= 0.3 is 0 Å². The maximum Gasteiger partial charge on any atom is 0.219 e. The van der Waals surface area contributed by atoms with Gasteiger partial charge in [-0.25, -0.2) is 8.42 Å². The van der Waals surface area contributed by atoms with Gasteiger partial charge in [0.05, 0.1) is 5.75 Å². The molecular weight excluding hydrogens is 228 g/mol. The Kier molecular flexibility index (Phi) is 5.96. The average Bonchev–Trinajstić information content (AvgIpc) is 2.11. The summed E-state index contributed by atoms with van der Waals surface area (Å²) in [5.74, 6) is -0.000399. The minimum atomic E-state index is -2.89. The maximum atomic E-state index is 11.2. The van der Waals surface area contributed by atoms with E-state index in [9.17, 15) is 13.2 Å². The number of primary amides is 1. The highest BCUT2D eigenvalue weighted by Crippen LogP contribution is 2.07. The lowest BCUT2D eigenvalue weighted by Crippen LogP contribution is -2.43. The molecule has 0 unspecified atom stereocenters. The molecule has 3 N–H and O–H groups in total.